The normalized spacial score (nSPS) is 11.9. The number of pyridine rings is 1. The van der Waals surface area contributed by atoms with Crippen LogP contribution < -0.4 is 5.56 Å². The first-order valence-corrected chi connectivity index (χ1v) is 9.64. The van der Waals surface area contributed by atoms with E-state index in [1.807, 2.05) is 12.3 Å². The van der Waals surface area contributed by atoms with Crippen LogP contribution in [0.3, 0.4) is 0 Å². The molecule has 0 fully saturated rings. The van der Waals surface area contributed by atoms with Crippen molar-refractivity contribution in [1.29, 1.82) is 0 Å². The molecule has 0 N–H and O–H groups in total. The molecular formula is C17H27NOSi. The van der Waals surface area contributed by atoms with Crippen molar-refractivity contribution in [1.82, 2.24) is 4.57 Å². The van der Waals surface area contributed by atoms with Gasteiger partial charge in [-0.25, -0.2) is 0 Å². The topological polar surface area (TPSA) is 22.0 Å². The summed E-state index contributed by atoms with van der Waals surface area (Å²) in [6.07, 6.45) is 1.83. The Balaban J connectivity index is 3.30. The van der Waals surface area contributed by atoms with E-state index in [0.29, 0.717) is 16.6 Å². The van der Waals surface area contributed by atoms with Crippen LogP contribution in [0.25, 0.3) is 0 Å². The summed E-state index contributed by atoms with van der Waals surface area (Å²) in [6.45, 7) is 13.8. The maximum Gasteiger partial charge on any atom is 0.250 e. The minimum Gasteiger partial charge on any atom is -0.317 e. The van der Waals surface area contributed by atoms with Gasteiger partial charge in [-0.15, -0.1) is 5.54 Å². The van der Waals surface area contributed by atoms with Gasteiger partial charge in [0.2, 0.25) is 5.56 Å². The van der Waals surface area contributed by atoms with E-state index < -0.39 is 8.07 Å². The third kappa shape index (κ3) is 3.24. The number of hydrogen-bond acceptors (Lipinski definition) is 1. The van der Waals surface area contributed by atoms with E-state index in [0.717, 1.165) is 5.56 Å². The number of aryl methyl sites for hydroxylation is 1. The number of aromatic nitrogens is 1. The van der Waals surface area contributed by atoms with Crippen molar-refractivity contribution in [3.05, 3.63) is 34.2 Å². The molecule has 3 heteroatoms. The predicted molar refractivity (Wildman–Crippen MR) is 89.6 cm³/mol. The molecule has 0 atom stereocenters. The molecular weight excluding hydrogens is 262 g/mol. The van der Waals surface area contributed by atoms with E-state index >= 15 is 0 Å². The molecule has 0 amide bonds. The Labute approximate surface area is 124 Å². The predicted octanol–water partition coefficient (Wildman–Crippen LogP) is 3.95. The number of rotatable bonds is 3. The molecule has 0 aliphatic heterocycles. The highest BCUT2D eigenvalue weighted by Crippen LogP contribution is 2.40. The number of hydrogen-bond donors (Lipinski definition) is 0. The molecule has 1 aromatic heterocycles. The average molecular weight is 289 g/mol. The first kappa shape index (κ1) is 16.8. The minimum absolute atomic E-state index is 0.00985. The van der Waals surface area contributed by atoms with Crippen molar-refractivity contribution in [2.45, 2.75) is 58.2 Å². The second-order valence-corrected chi connectivity index (χ2v) is 12.1. The lowest BCUT2D eigenvalue weighted by Crippen LogP contribution is -2.43. The largest absolute Gasteiger partial charge is 0.317 e. The van der Waals surface area contributed by atoms with Crippen LogP contribution in [0.5, 0.6) is 0 Å². The summed E-state index contributed by atoms with van der Waals surface area (Å²) in [6, 6.07) is 3.42. The van der Waals surface area contributed by atoms with Crippen LogP contribution in [0.2, 0.25) is 16.6 Å². The maximum absolute atomic E-state index is 11.4. The van der Waals surface area contributed by atoms with Crippen LogP contribution in [-0.2, 0) is 7.05 Å². The summed E-state index contributed by atoms with van der Waals surface area (Å²) < 4.78 is 1.59. The molecule has 0 bridgehead atoms. The van der Waals surface area contributed by atoms with Crippen molar-refractivity contribution in [3.8, 4) is 11.5 Å². The second-order valence-electron chi connectivity index (χ2n) is 6.51. The number of nitrogens with zero attached hydrogens (tertiary/aromatic N) is 1. The first-order valence-electron chi connectivity index (χ1n) is 7.41. The summed E-state index contributed by atoms with van der Waals surface area (Å²) in [5, 5.41) is 0. The standard InChI is InChI=1S/C17H27NOSi/c1-13(2)20(14(3)4,15(5)6)11-10-16-8-9-17(19)18(7)12-16/h8-9,12-15H,1-7H3. The molecule has 110 valence electrons. The summed E-state index contributed by atoms with van der Waals surface area (Å²) in [5.41, 5.74) is 6.50. The smallest absolute Gasteiger partial charge is 0.250 e. The van der Waals surface area contributed by atoms with Gasteiger partial charge in [0.25, 0.3) is 0 Å². The Morgan fingerprint density at radius 2 is 1.50 bits per heavy atom. The zero-order valence-corrected chi connectivity index (χ0v) is 14.8. The van der Waals surface area contributed by atoms with E-state index in [2.05, 4.69) is 53.0 Å². The van der Waals surface area contributed by atoms with Gasteiger partial charge >= 0.3 is 0 Å². The summed E-state index contributed by atoms with van der Waals surface area (Å²) in [5.74, 6) is 3.35. The SMILES string of the molecule is CC(C)[Si](C#Cc1ccc(=O)n(C)c1)(C(C)C)C(C)C. The van der Waals surface area contributed by atoms with Crippen molar-refractivity contribution < 1.29 is 0 Å². The van der Waals surface area contributed by atoms with Crippen LogP contribution in [0.4, 0.5) is 0 Å². The lowest BCUT2D eigenvalue weighted by molar-refractivity contribution is 0.838. The molecule has 0 unspecified atom stereocenters. The minimum atomic E-state index is -1.69. The molecule has 0 aliphatic carbocycles. The van der Waals surface area contributed by atoms with Gasteiger partial charge in [-0.2, -0.15) is 0 Å². The second kappa shape index (κ2) is 6.45. The molecule has 0 radical (unpaired) electrons. The molecule has 2 nitrogen and oxygen atoms in total. The Kier molecular flexibility index (Phi) is 5.41. The fourth-order valence-corrected chi connectivity index (χ4v) is 8.51. The summed E-state index contributed by atoms with van der Waals surface area (Å²) in [7, 11) is 0.0795. The Bertz CT molecular complexity index is 551. The van der Waals surface area contributed by atoms with E-state index in [1.165, 1.54) is 0 Å². The fraction of sp³-hybridized carbons (Fsp3) is 0.588. The monoisotopic (exact) mass is 289 g/mol. The molecule has 0 spiro atoms. The average Bonchev–Trinajstić information content (AvgIpc) is 2.33. The summed E-state index contributed by atoms with van der Waals surface area (Å²) >= 11 is 0. The molecule has 0 aromatic carbocycles. The molecule has 1 aromatic rings. The molecule has 0 aliphatic rings. The van der Waals surface area contributed by atoms with Gasteiger partial charge in [0.05, 0.1) is 0 Å². The van der Waals surface area contributed by atoms with Crippen LogP contribution in [0, 0.1) is 11.5 Å². The van der Waals surface area contributed by atoms with Crippen molar-refractivity contribution in [2.24, 2.45) is 7.05 Å². The molecule has 20 heavy (non-hydrogen) atoms. The maximum atomic E-state index is 11.4. The van der Waals surface area contributed by atoms with Crippen LogP contribution >= 0.6 is 0 Å². The van der Waals surface area contributed by atoms with Crippen molar-refractivity contribution >= 4 is 8.07 Å². The van der Waals surface area contributed by atoms with E-state index in [-0.39, 0.29) is 5.56 Å². The van der Waals surface area contributed by atoms with Gasteiger partial charge in [-0.05, 0) is 22.7 Å². The fourth-order valence-electron chi connectivity index (χ4n) is 3.28. The highest BCUT2D eigenvalue weighted by Gasteiger charge is 2.41. The van der Waals surface area contributed by atoms with Crippen molar-refractivity contribution in [3.63, 3.8) is 0 Å². The van der Waals surface area contributed by atoms with Gasteiger partial charge in [0.15, 0.2) is 0 Å². The Morgan fingerprint density at radius 1 is 1.00 bits per heavy atom. The highest BCUT2D eigenvalue weighted by molar-refractivity contribution is 6.90. The van der Waals surface area contributed by atoms with Crippen LogP contribution in [-0.4, -0.2) is 12.6 Å². The van der Waals surface area contributed by atoms with Gasteiger partial charge in [0, 0.05) is 24.9 Å². The molecule has 0 saturated heterocycles. The van der Waals surface area contributed by atoms with E-state index in [4.69, 9.17) is 0 Å². The van der Waals surface area contributed by atoms with Crippen molar-refractivity contribution in [2.75, 3.05) is 0 Å². The van der Waals surface area contributed by atoms with Gasteiger partial charge < -0.3 is 4.57 Å². The quantitative estimate of drug-likeness (QED) is 0.610. The first-order chi connectivity index (χ1) is 9.21. The molecule has 1 heterocycles. The van der Waals surface area contributed by atoms with Crippen LogP contribution in [0.1, 0.15) is 47.1 Å². The zero-order valence-electron chi connectivity index (χ0n) is 13.8. The third-order valence-electron chi connectivity index (χ3n) is 4.38. The Hall–Kier alpha value is -1.27. The van der Waals surface area contributed by atoms with Gasteiger partial charge in [-0.1, -0.05) is 47.5 Å². The van der Waals surface area contributed by atoms with Gasteiger partial charge in [0.1, 0.15) is 8.07 Å². The van der Waals surface area contributed by atoms with E-state index in [9.17, 15) is 4.79 Å². The third-order valence-corrected chi connectivity index (χ3v) is 10.7. The molecule has 1 rings (SSSR count). The lowest BCUT2D eigenvalue weighted by atomic mass is 10.3. The molecule has 0 saturated carbocycles. The van der Waals surface area contributed by atoms with Gasteiger partial charge in [-0.3, -0.25) is 4.79 Å². The zero-order chi connectivity index (χ0) is 15.5. The summed E-state index contributed by atoms with van der Waals surface area (Å²) in [4.78, 5) is 11.4. The lowest BCUT2D eigenvalue weighted by Gasteiger charge is -2.38. The highest BCUT2D eigenvalue weighted by atomic mass is 28.3. The van der Waals surface area contributed by atoms with Crippen LogP contribution in [0.15, 0.2) is 23.1 Å². The Morgan fingerprint density at radius 3 is 1.90 bits per heavy atom. The van der Waals surface area contributed by atoms with E-state index in [1.54, 1.807) is 17.7 Å².